The normalized spacial score (nSPS) is 11.2. The number of hydrogen-bond donors (Lipinski definition) is 2. The Labute approximate surface area is 177 Å². The van der Waals surface area contributed by atoms with Gasteiger partial charge in [-0.25, -0.2) is 12.8 Å². The first-order valence-corrected chi connectivity index (χ1v) is 10.5. The number of halogens is 3. The molecule has 0 aliphatic rings. The summed E-state index contributed by atoms with van der Waals surface area (Å²) in [5.41, 5.74) is 0.765. The van der Waals surface area contributed by atoms with Crippen molar-refractivity contribution < 1.29 is 17.6 Å². The van der Waals surface area contributed by atoms with Gasteiger partial charge < -0.3 is 5.32 Å². The first kappa shape index (κ1) is 21.1. The molecule has 150 valence electrons. The van der Waals surface area contributed by atoms with Gasteiger partial charge in [-0.1, -0.05) is 35.3 Å². The molecule has 0 spiro atoms. The van der Waals surface area contributed by atoms with E-state index < -0.39 is 21.7 Å². The number of amides is 1. The molecule has 3 aromatic carbocycles. The third kappa shape index (κ3) is 5.06. The van der Waals surface area contributed by atoms with E-state index in [1.54, 1.807) is 12.1 Å². The predicted molar refractivity (Wildman–Crippen MR) is 113 cm³/mol. The molecule has 0 unspecified atom stereocenters. The average Bonchev–Trinajstić information content (AvgIpc) is 2.60. The van der Waals surface area contributed by atoms with Gasteiger partial charge in [-0.3, -0.25) is 9.52 Å². The van der Waals surface area contributed by atoms with Crippen molar-refractivity contribution in [1.82, 2.24) is 0 Å². The Morgan fingerprint density at radius 1 is 0.966 bits per heavy atom. The fourth-order valence-electron chi connectivity index (χ4n) is 2.71. The molecular formula is C20H15Cl2FN2O3S. The highest BCUT2D eigenvalue weighted by Gasteiger charge is 2.21. The molecule has 0 aliphatic carbocycles. The highest BCUT2D eigenvalue weighted by Crippen LogP contribution is 2.26. The highest BCUT2D eigenvalue weighted by atomic mass is 35.5. The predicted octanol–water partition coefficient (Wildman–Crippen LogP) is 5.49. The Kier molecular flexibility index (Phi) is 6.12. The van der Waals surface area contributed by atoms with E-state index >= 15 is 0 Å². The van der Waals surface area contributed by atoms with Crippen molar-refractivity contribution in [3.63, 3.8) is 0 Å². The smallest absolute Gasteiger partial charge is 0.262 e. The molecule has 0 atom stereocenters. The number of rotatable bonds is 5. The monoisotopic (exact) mass is 452 g/mol. The number of carbonyl (C=O) groups is 1. The maximum atomic E-state index is 13.3. The Hall–Kier alpha value is -2.61. The van der Waals surface area contributed by atoms with Crippen molar-refractivity contribution in [2.24, 2.45) is 0 Å². The SMILES string of the molecule is Cc1cc(F)ccc1S(=O)(=O)Nc1ccccc1C(=O)Nc1cc(Cl)cc(Cl)c1. The van der Waals surface area contributed by atoms with E-state index in [1.165, 1.54) is 43.3 Å². The molecule has 1 amide bonds. The van der Waals surface area contributed by atoms with E-state index in [1.807, 2.05) is 0 Å². The molecule has 0 aliphatic heterocycles. The van der Waals surface area contributed by atoms with Gasteiger partial charge in [0.05, 0.1) is 16.1 Å². The van der Waals surface area contributed by atoms with Gasteiger partial charge in [0.2, 0.25) is 0 Å². The van der Waals surface area contributed by atoms with Gasteiger partial charge in [-0.15, -0.1) is 0 Å². The van der Waals surface area contributed by atoms with Crippen LogP contribution in [0.3, 0.4) is 0 Å². The molecule has 29 heavy (non-hydrogen) atoms. The molecule has 0 fully saturated rings. The maximum absolute atomic E-state index is 13.3. The second kappa shape index (κ2) is 8.41. The molecule has 0 bridgehead atoms. The van der Waals surface area contributed by atoms with Crippen molar-refractivity contribution in [1.29, 1.82) is 0 Å². The molecular weight excluding hydrogens is 438 g/mol. The lowest BCUT2D eigenvalue weighted by molar-refractivity contribution is 0.102. The van der Waals surface area contributed by atoms with Crippen LogP contribution in [-0.4, -0.2) is 14.3 Å². The average molecular weight is 453 g/mol. The number of para-hydroxylation sites is 1. The van der Waals surface area contributed by atoms with E-state index in [2.05, 4.69) is 10.0 Å². The number of sulfonamides is 1. The third-order valence-corrected chi connectivity index (χ3v) is 5.93. The number of hydrogen-bond acceptors (Lipinski definition) is 3. The van der Waals surface area contributed by atoms with Gasteiger partial charge in [-0.05, 0) is 61.0 Å². The number of benzene rings is 3. The molecule has 0 radical (unpaired) electrons. The minimum absolute atomic E-state index is 0.0712. The molecule has 0 aromatic heterocycles. The topological polar surface area (TPSA) is 75.3 Å². The van der Waals surface area contributed by atoms with Gasteiger partial charge in [0.25, 0.3) is 15.9 Å². The summed E-state index contributed by atoms with van der Waals surface area (Å²) < 4.78 is 41.2. The fourth-order valence-corrected chi connectivity index (χ4v) is 4.54. The Morgan fingerprint density at radius 2 is 1.62 bits per heavy atom. The summed E-state index contributed by atoms with van der Waals surface area (Å²) in [6.45, 7) is 1.49. The Balaban J connectivity index is 1.91. The van der Waals surface area contributed by atoms with Crippen LogP contribution in [0.15, 0.2) is 65.6 Å². The van der Waals surface area contributed by atoms with Gasteiger partial charge >= 0.3 is 0 Å². The van der Waals surface area contributed by atoms with E-state index in [-0.39, 0.29) is 21.7 Å². The van der Waals surface area contributed by atoms with Gasteiger partial charge in [0.1, 0.15) is 5.82 Å². The maximum Gasteiger partial charge on any atom is 0.262 e. The highest BCUT2D eigenvalue weighted by molar-refractivity contribution is 7.92. The largest absolute Gasteiger partial charge is 0.322 e. The van der Waals surface area contributed by atoms with Crippen LogP contribution in [0, 0.1) is 12.7 Å². The van der Waals surface area contributed by atoms with Crippen LogP contribution < -0.4 is 10.0 Å². The summed E-state index contributed by atoms with van der Waals surface area (Å²) in [4.78, 5) is 12.6. The van der Waals surface area contributed by atoms with Gasteiger partial charge in [0.15, 0.2) is 0 Å². The lowest BCUT2D eigenvalue weighted by atomic mass is 10.1. The Bertz CT molecular complexity index is 1180. The summed E-state index contributed by atoms with van der Waals surface area (Å²) in [6, 6.07) is 14.0. The zero-order valence-electron chi connectivity index (χ0n) is 15.0. The zero-order chi connectivity index (χ0) is 21.2. The van der Waals surface area contributed by atoms with E-state index in [4.69, 9.17) is 23.2 Å². The summed E-state index contributed by atoms with van der Waals surface area (Å²) in [5, 5.41) is 3.31. The minimum Gasteiger partial charge on any atom is -0.322 e. The molecule has 5 nitrogen and oxygen atoms in total. The van der Waals surface area contributed by atoms with E-state index in [9.17, 15) is 17.6 Å². The van der Waals surface area contributed by atoms with Crippen LogP contribution in [0.25, 0.3) is 0 Å². The van der Waals surface area contributed by atoms with Crippen molar-refractivity contribution in [2.45, 2.75) is 11.8 Å². The summed E-state index contributed by atoms with van der Waals surface area (Å²) in [5.74, 6) is -1.10. The molecule has 3 aromatic rings. The first-order chi connectivity index (χ1) is 13.7. The molecule has 0 heterocycles. The molecule has 3 rings (SSSR count). The Morgan fingerprint density at radius 3 is 2.28 bits per heavy atom. The van der Waals surface area contributed by atoms with Crippen LogP contribution in [0.4, 0.5) is 15.8 Å². The lowest BCUT2D eigenvalue weighted by Gasteiger charge is -2.14. The molecule has 2 N–H and O–H groups in total. The van der Waals surface area contributed by atoms with Crippen molar-refractivity contribution in [3.8, 4) is 0 Å². The number of nitrogens with one attached hydrogen (secondary N) is 2. The third-order valence-electron chi connectivity index (χ3n) is 3.96. The second-order valence-corrected chi connectivity index (χ2v) is 8.70. The minimum atomic E-state index is -4.04. The van der Waals surface area contributed by atoms with E-state index in [0.29, 0.717) is 15.7 Å². The summed E-state index contributed by atoms with van der Waals surface area (Å²) in [6.07, 6.45) is 0. The van der Waals surface area contributed by atoms with E-state index in [0.717, 1.165) is 12.1 Å². The van der Waals surface area contributed by atoms with Gasteiger partial charge in [-0.2, -0.15) is 0 Å². The molecule has 9 heteroatoms. The van der Waals surface area contributed by atoms with Crippen LogP contribution in [-0.2, 0) is 10.0 Å². The number of carbonyl (C=O) groups excluding carboxylic acids is 1. The van der Waals surface area contributed by atoms with Crippen LogP contribution in [0.5, 0.6) is 0 Å². The second-order valence-electron chi connectivity index (χ2n) is 6.17. The van der Waals surface area contributed by atoms with Crippen molar-refractivity contribution in [2.75, 3.05) is 10.0 Å². The van der Waals surface area contributed by atoms with Gasteiger partial charge in [0, 0.05) is 15.7 Å². The summed E-state index contributed by atoms with van der Waals surface area (Å²) in [7, 11) is -4.04. The summed E-state index contributed by atoms with van der Waals surface area (Å²) >= 11 is 11.9. The molecule has 0 saturated carbocycles. The quantitative estimate of drug-likeness (QED) is 0.536. The number of aryl methyl sites for hydroxylation is 1. The lowest BCUT2D eigenvalue weighted by Crippen LogP contribution is -2.19. The zero-order valence-corrected chi connectivity index (χ0v) is 17.4. The fraction of sp³-hybridized carbons (Fsp3) is 0.0500. The van der Waals surface area contributed by atoms with Crippen LogP contribution in [0.1, 0.15) is 15.9 Å². The standard InChI is InChI=1S/C20H15Cl2FN2O3S/c1-12-8-15(23)6-7-19(12)29(27,28)25-18-5-3-2-4-17(18)20(26)24-16-10-13(21)9-14(22)11-16/h2-11,25H,1H3,(H,24,26). The van der Waals surface area contributed by atoms with Crippen LogP contribution >= 0.6 is 23.2 Å². The van der Waals surface area contributed by atoms with Crippen LogP contribution in [0.2, 0.25) is 10.0 Å². The molecule has 0 saturated heterocycles. The van der Waals surface area contributed by atoms with Crippen molar-refractivity contribution in [3.05, 3.63) is 87.7 Å². The number of anilines is 2. The first-order valence-electron chi connectivity index (χ1n) is 8.31. The van der Waals surface area contributed by atoms with Crippen molar-refractivity contribution >= 4 is 50.5 Å².